The van der Waals surface area contributed by atoms with Crippen molar-refractivity contribution in [1.29, 1.82) is 0 Å². The number of anilines is 1. The van der Waals surface area contributed by atoms with E-state index in [0.29, 0.717) is 5.82 Å². The molecule has 0 radical (unpaired) electrons. The summed E-state index contributed by atoms with van der Waals surface area (Å²) in [4.78, 5) is 12.3. The molecule has 0 aliphatic carbocycles. The van der Waals surface area contributed by atoms with Gasteiger partial charge in [0.05, 0.1) is 11.1 Å². The first-order chi connectivity index (χ1) is 8.49. The van der Waals surface area contributed by atoms with Gasteiger partial charge in [-0.05, 0) is 18.6 Å². The number of nitrogens with zero attached hydrogens (tertiary/aromatic N) is 1. The van der Waals surface area contributed by atoms with Crippen molar-refractivity contribution in [3.8, 4) is 5.75 Å². The van der Waals surface area contributed by atoms with Crippen molar-refractivity contribution in [1.82, 2.24) is 0 Å². The van der Waals surface area contributed by atoms with Crippen LogP contribution in [0.3, 0.4) is 0 Å². The second kappa shape index (κ2) is 6.19. The molecule has 94 valence electrons. The van der Waals surface area contributed by atoms with Crippen LogP contribution < -0.4 is 15.8 Å². The van der Waals surface area contributed by atoms with Gasteiger partial charge in [-0.15, -0.1) is 5.75 Å². The molecule has 0 bridgehead atoms. The van der Waals surface area contributed by atoms with Crippen LogP contribution in [0.5, 0.6) is 5.75 Å². The first-order valence-corrected chi connectivity index (χ1v) is 5.14. The average molecular weight is 247 g/mol. The molecule has 0 fully saturated rings. The fourth-order valence-corrected chi connectivity index (χ4v) is 1.17. The highest BCUT2D eigenvalue weighted by molar-refractivity contribution is 5.34. The molecule has 0 atom stereocenters. The molecule has 0 saturated carbocycles. The highest BCUT2D eigenvalue weighted by atomic mass is 16.6. The van der Waals surface area contributed by atoms with Crippen molar-refractivity contribution in [3.05, 3.63) is 58.3 Å². The van der Waals surface area contributed by atoms with Crippen molar-refractivity contribution in [2.24, 2.45) is 0 Å². The topological polar surface area (TPSA) is 106 Å². The van der Waals surface area contributed by atoms with Crippen LogP contribution in [0.15, 0.2) is 42.6 Å². The molecule has 2 rings (SSSR count). The number of nitrogen functional groups attached to an aromatic ring is 1. The molecule has 0 spiro atoms. The Labute approximate surface area is 104 Å². The van der Waals surface area contributed by atoms with Gasteiger partial charge in [0.2, 0.25) is 0 Å². The third-order valence-corrected chi connectivity index (χ3v) is 2.03. The van der Waals surface area contributed by atoms with Crippen molar-refractivity contribution >= 4 is 11.5 Å². The van der Waals surface area contributed by atoms with Crippen LogP contribution in [-0.2, 0) is 0 Å². The van der Waals surface area contributed by atoms with E-state index in [1.807, 2.05) is 25.3 Å². The Morgan fingerprint density at radius 2 is 1.83 bits per heavy atom. The molecule has 0 aliphatic heterocycles. The predicted molar refractivity (Wildman–Crippen MR) is 64.7 cm³/mol. The van der Waals surface area contributed by atoms with Crippen LogP contribution >= 0.6 is 0 Å². The fourth-order valence-electron chi connectivity index (χ4n) is 1.17. The van der Waals surface area contributed by atoms with E-state index in [0.717, 1.165) is 12.1 Å². The lowest BCUT2D eigenvalue weighted by atomic mass is 10.3. The van der Waals surface area contributed by atoms with Crippen LogP contribution in [0.4, 0.5) is 11.5 Å². The van der Waals surface area contributed by atoms with E-state index in [9.17, 15) is 15.2 Å². The smallest absolute Gasteiger partial charge is 0.270 e. The van der Waals surface area contributed by atoms with Crippen molar-refractivity contribution in [2.75, 3.05) is 5.73 Å². The fraction of sp³-hybridized carbons (Fsp3) is 0.0833. The summed E-state index contributed by atoms with van der Waals surface area (Å²) in [6.07, 6.45) is 1.82. The van der Waals surface area contributed by atoms with Crippen LogP contribution in [0.1, 0.15) is 5.56 Å². The number of hydrogen-bond donors (Lipinski definition) is 1. The summed E-state index contributed by atoms with van der Waals surface area (Å²) in [6.45, 7) is 2.00. The maximum atomic E-state index is 10.4. The van der Waals surface area contributed by atoms with E-state index in [1.165, 1.54) is 17.7 Å². The Morgan fingerprint density at radius 3 is 2.22 bits per heavy atom. The number of rotatable bonds is 1. The molecule has 0 amide bonds. The molecule has 0 saturated heterocycles. The predicted octanol–water partition coefficient (Wildman–Crippen LogP) is 1.06. The second-order valence-corrected chi connectivity index (χ2v) is 3.57. The lowest BCUT2D eigenvalue weighted by Gasteiger charge is -2.00. The van der Waals surface area contributed by atoms with Gasteiger partial charge in [0.1, 0.15) is 0 Å². The van der Waals surface area contributed by atoms with Gasteiger partial charge in [0.25, 0.3) is 11.5 Å². The molecule has 6 heteroatoms. The minimum atomic E-state index is -0.542. The summed E-state index contributed by atoms with van der Waals surface area (Å²) in [6, 6.07) is 8.55. The summed E-state index contributed by atoms with van der Waals surface area (Å²) >= 11 is 0. The van der Waals surface area contributed by atoms with Gasteiger partial charge in [-0.2, -0.15) is 0 Å². The standard InChI is InChI=1S/C6H8N2.C6H5NO3/c1-5-2-3-8-6(7)4-5;8-6-3-1-5(2-4-6)7(9)10/h2-4H,1H3,(H2,7,8);1-4,8H. The Kier molecular flexibility index (Phi) is 4.62. The van der Waals surface area contributed by atoms with Gasteiger partial charge in [0.15, 0.2) is 0 Å². The molecule has 2 aromatic rings. The third kappa shape index (κ3) is 4.48. The summed E-state index contributed by atoms with van der Waals surface area (Å²) < 4.78 is 0. The van der Waals surface area contributed by atoms with Crippen LogP contribution in [0, 0.1) is 17.0 Å². The zero-order valence-electron chi connectivity index (χ0n) is 9.79. The van der Waals surface area contributed by atoms with E-state index >= 15 is 0 Å². The number of non-ortho nitro benzene ring substituents is 1. The molecular weight excluding hydrogens is 234 g/mol. The minimum absolute atomic E-state index is 0.0559. The highest BCUT2D eigenvalue weighted by Gasteiger charge is 1.99. The van der Waals surface area contributed by atoms with Crippen LogP contribution in [-0.4, -0.2) is 4.92 Å². The number of nitro groups is 1. The Morgan fingerprint density at radius 1 is 1.22 bits per heavy atom. The Hall–Kier alpha value is -2.63. The maximum absolute atomic E-state index is 10.4. The van der Waals surface area contributed by atoms with Crippen LogP contribution in [0.25, 0.3) is 0 Å². The molecule has 3 N–H and O–H groups in total. The van der Waals surface area contributed by atoms with Gasteiger partial charge in [-0.1, -0.05) is 12.1 Å². The van der Waals surface area contributed by atoms with Gasteiger partial charge in [-0.25, -0.2) is 4.98 Å². The number of hydrogen-bond acceptors (Lipinski definition) is 4. The lowest BCUT2D eigenvalue weighted by Crippen LogP contribution is -2.08. The summed E-state index contributed by atoms with van der Waals surface area (Å²) in [5, 5.41) is 20.4. The number of nitro benzene ring substituents is 1. The first-order valence-electron chi connectivity index (χ1n) is 5.14. The highest BCUT2D eigenvalue weighted by Crippen LogP contribution is 2.12. The summed E-state index contributed by atoms with van der Waals surface area (Å²) in [7, 11) is 0. The van der Waals surface area contributed by atoms with E-state index in [1.54, 1.807) is 0 Å². The van der Waals surface area contributed by atoms with Gasteiger partial charge in [-0.3, -0.25) is 15.8 Å². The van der Waals surface area contributed by atoms with E-state index in [-0.39, 0.29) is 11.4 Å². The minimum Gasteiger partial charge on any atom is -0.872 e. The molecule has 0 unspecified atom stereocenters. The van der Waals surface area contributed by atoms with Crippen LogP contribution in [0.2, 0.25) is 0 Å². The molecule has 1 aromatic carbocycles. The zero-order valence-corrected chi connectivity index (χ0v) is 9.79. The number of aromatic nitrogens is 1. The second-order valence-electron chi connectivity index (χ2n) is 3.57. The number of aryl methyl sites for hydroxylation is 1. The van der Waals surface area contributed by atoms with Crippen molar-refractivity contribution < 1.29 is 15.0 Å². The maximum Gasteiger partial charge on any atom is 0.270 e. The number of nitrogens with one attached hydrogen (secondary N) is 1. The number of pyridine rings is 1. The lowest BCUT2D eigenvalue weighted by molar-refractivity contribution is -0.385. The molecule has 1 heterocycles. The van der Waals surface area contributed by atoms with E-state index < -0.39 is 4.92 Å². The normalized spacial score (nSPS) is 9.17. The molecule has 6 nitrogen and oxygen atoms in total. The molecule has 1 aromatic heterocycles. The monoisotopic (exact) mass is 247 g/mol. The largest absolute Gasteiger partial charge is 0.872 e. The first kappa shape index (κ1) is 13.4. The van der Waals surface area contributed by atoms with Crippen molar-refractivity contribution in [3.63, 3.8) is 0 Å². The molecule has 18 heavy (non-hydrogen) atoms. The van der Waals surface area contributed by atoms with Gasteiger partial charge < -0.3 is 5.11 Å². The number of benzene rings is 1. The van der Waals surface area contributed by atoms with Gasteiger partial charge in [0, 0.05) is 18.2 Å². The van der Waals surface area contributed by atoms with Gasteiger partial charge >= 0.3 is 0 Å². The van der Waals surface area contributed by atoms with Crippen molar-refractivity contribution in [2.45, 2.75) is 6.92 Å². The zero-order chi connectivity index (χ0) is 13.5. The SMILES string of the molecule is Cc1cc[nH+]c(N)c1.O=[N+]([O-])c1ccc([O-])cc1. The Bertz CT molecular complexity index is 509. The average Bonchev–Trinajstić information content (AvgIpc) is 2.30. The summed E-state index contributed by atoms with van der Waals surface area (Å²) in [5.41, 5.74) is 6.53. The number of aromatic amines is 1. The molecule has 0 aliphatic rings. The molecular formula is C12H13N3O3. The number of nitrogens with two attached hydrogens (primary N) is 1. The van der Waals surface area contributed by atoms with E-state index in [2.05, 4.69) is 4.98 Å². The Balaban J connectivity index is 0.000000184. The number of H-pyrrole nitrogens is 1. The van der Waals surface area contributed by atoms with E-state index in [4.69, 9.17) is 5.73 Å². The quantitative estimate of drug-likeness (QED) is 0.600. The third-order valence-electron chi connectivity index (χ3n) is 2.03. The summed E-state index contributed by atoms with van der Waals surface area (Å²) in [5.74, 6) is 0.496.